The summed E-state index contributed by atoms with van der Waals surface area (Å²) in [4.78, 5) is 0. The zero-order chi connectivity index (χ0) is 14.1. The Balaban J connectivity index is 2.57. The average molecular weight is 252 g/mol. The Labute approximate surface area is 115 Å². The van der Waals surface area contributed by atoms with Gasteiger partial charge >= 0.3 is 0 Å². The van der Waals surface area contributed by atoms with Gasteiger partial charge in [-0.15, -0.1) is 0 Å². The second-order valence-electron chi connectivity index (χ2n) is 4.33. The van der Waals surface area contributed by atoms with Gasteiger partial charge in [0.25, 0.3) is 0 Å². The van der Waals surface area contributed by atoms with E-state index in [2.05, 4.69) is 6.07 Å². The van der Waals surface area contributed by atoms with E-state index >= 15 is 0 Å². The smallest absolute Gasteiger partial charge is 0.102 e. The van der Waals surface area contributed by atoms with Gasteiger partial charge in [0.05, 0.1) is 16.7 Å². The van der Waals surface area contributed by atoms with E-state index in [1.807, 2.05) is 54.6 Å². The Morgan fingerprint density at radius 3 is 2.05 bits per heavy atom. The van der Waals surface area contributed by atoms with Crippen LogP contribution in [-0.4, -0.2) is 0 Å². The minimum atomic E-state index is 0.0952. The third-order valence-electron chi connectivity index (χ3n) is 3.25. The highest BCUT2D eigenvalue weighted by Gasteiger charge is 2.14. The molecule has 3 heteroatoms. The number of hydrogen-bond acceptors (Lipinski definition) is 3. The van der Waals surface area contributed by atoms with Crippen molar-refractivity contribution in [2.75, 3.05) is 0 Å². The first-order valence-electron chi connectivity index (χ1n) is 5.90. The molecule has 0 N–H and O–H groups in total. The van der Waals surface area contributed by atoms with Gasteiger partial charge in [0.2, 0.25) is 0 Å². The van der Waals surface area contributed by atoms with Crippen LogP contribution in [-0.2, 0) is 0 Å². The fraction of sp³-hybridized carbons (Fsp3) is 0. The van der Waals surface area contributed by atoms with Crippen LogP contribution in [0.4, 0.5) is 0 Å². The van der Waals surface area contributed by atoms with E-state index in [0.29, 0.717) is 10.8 Å². The van der Waals surface area contributed by atoms with E-state index < -0.39 is 0 Å². The Morgan fingerprint density at radius 1 is 0.800 bits per heavy atom. The average Bonchev–Trinajstić information content (AvgIpc) is 2.50. The predicted octanol–water partition coefficient (Wildman–Crippen LogP) is 3.41. The molecule has 1 radical (unpaired) electrons. The molecule has 3 aromatic carbocycles. The Bertz CT molecular complexity index is 979. The van der Waals surface area contributed by atoms with Crippen LogP contribution in [0.1, 0.15) is 16.7 Å². The van der Waals surface area contributed by atoms with Crippen LogP contribution in [0.25, 0.3) is 21.5 Å². The van der Waals surface area contributed by atoms with Gasteiger partial charge in [-0.2, -0.15) is 15.8 Å². The summed E-state index contributed by atoms with van der Waals surface area (Å²) in [7, 11) is 0. The number of nitriles is 3. The number of hydrogen-bond donors (Lipinski definition) is 0. The molecular formula is C17H6N3. The highest BCUT2D eigenvalue weighted by Crippen LogP contribution is 2.28. The van der Waals surface area contributed by atoms with Crippen molar-refractivity contribution in [3.8, 4) is 18.2 Å². The van der Waals surface area contributed by atoms with Gasteiger partial charge in [-0.25, -0.2) is 0 Å². The fourth-order valence-electron chi connectivity index (χ4n) is 2.32. The van der Waals surface area contributed by atoms with E-state index in [0.717, 1.165) is 10.8 Å². The van der Waals surface area contributed by atoms with Gasteiger partial charge in [0.15, 0.2) is 0 Å². The van der Waals surface area contributed by atoms with Crippen LogP contribution in [0, 0.1) is 40.1 Å². The van der Waals surface area contributed by atoms with Crippen molar-refractivity contribution in [1.29, 1.82) is 15.8 Å². The molecule has 3 rings (SSSR count). The fourth-order valence-corrected chi connectivity index (χ4v) is 2.32. The van der Waals surface area contributed by atoms with Gasteiger partial charge in [-0.3, -0.25) is 0 Å². The number of fused-ring (bicyclic) bond motifs is 2. The molecule has 0 aromatic heterocycles. The van der Waals surface area contributed by atoms with Gasteiger partial charge in [0.1, 0.15) is 18.2 Å². The molecule has 89 valence electrons. The van der Waals surface area contributed by atoms with E-state index in [1.165, 1.54) is 0 Å². The van der Waals surface area contributed by atoms with Crippen LogP contribution in [0.2, 0.25) is 0 Å². The quantitative estimate of drug-likeness (QED) is 0.575. The first kappa shape index (κ1) is 11.7. The molecule has 0 saturated carbocycles. The summed E-state index contributed by atoms with van der Waals surface area (Å²) in [5.41, 5.74) is 0.452. The summed E-state index contributed by atoms with van der Waals surface area (Å²) >= 11 is 0. The van der Waals surface area contributed by atoms with Crippen LogP contribution in [0.5, 0.6) is 0 Å². The van der Waals surface area contributed by atoms with Crippen molar-refractivity contribution in [3.05, 3.63) is 59.2 Å². The van der Waals surface area contributed by atoms with Gasteiger partial charge < -0.3 is 0 Å². The molecule has 0 saturated heterocycles. The number of nitrogens with zero attached hydrogens (tertiary/aromatic N) is 3. The highest BCUT2D eigenvalue weighted by atomic mass is 14.3. The maximum absolute atomic E-state index is 9.32. The lowest BCUT2D eigenvalue weighted by molar-refractivity contribution is 1.41. The minimum absolute atomic E-state index is 0.0952. The lowest BCUT2D eigenvalue weighted by Gasteiger charge is -2.06. The summed E-state index contributed by atoms with van der Waals surface area (Å²) < 4.78 is 0. The molecule has 0 spiro atoms. The lowest BCUT2D eigenvalue weighted by atomic mass is 9.93. The molecule has 3 nitrogen and oxygen atoms in total. The standard InChI is InChI=1S/C17H6N3/c18-8-14-6-13-5-11-3-1-2-4-12(11)7-15(13)17(10-20)16(14)9-19/h1-5,7H. The topological polar surface area (TPSA) is 71.4 Å². The molecule has 0 aliphatic rings. The van der Waals surface area contributed by atoms with Crippen LogP contribution in [0.15, 0.2) is 36.4 Å². The minimum Gasteiger partial charge on any atom is -0.192 e. The van der Waals surface area contributed by atoms with E-state index in [9.17, 15) is 5.26 Å². The first-order chi connectivity index (χ1) is 9.78. The Kier molecular flexibility index (Phi) is 2.58. The van der Waals surface area contributed by atoms with Crippen molar-refractivity contribution in [2.45, 2.75) is 0 Å². The zero-order valence-electron chi connectivity index (χ0n) is 10.3. The third-order valence-corrected chi connectivity index (χ3v) is 3.25. The lowest BCUT2D eigenvalue weighted by Crippen LogP contribution is -1.93. The normalized spacial score (nSPS) is 9.85. The second kappa shape index (κ2) is 4.39. The van der Waals surface area contributed by atoms with Crippen LogP contribution < -0.4 is 0 Å². The van der Waals surface area contributed by atoms with Crippen molar-refractivity contribution < 1.29 is 0 Å². The second-order valence-corrected chi connectivity index (χ2v) is 4.33. The largest absolute Gasteiger partial charge is 0.192 e. The van der Waals surface area contributed by atoms with E-state index in [1.54, 1.807) is 0 Å². The third kappa shape index (κ3) is 1.57. The molecule has 0 unspecified atom stereocenters. The molecule has 0 amide bonds. The van der Waals surface area contributed by atoms with E-state index in [4.69, 9.17) is 10.5 Å². The van der Waals surface area contributed by atoms with Crippen molar-refractivity contribution >= 4 is 21.5 Å². The summed E-state index contributed by atoms with van der Waals surface area (Å²) in [5.74, 6) is 0. The highest BCUT2D eigenvalue weighted by molar-refractivity contribution is 6.01. The predicted molar refractivity (Wildman–Crippen MR) is 74.4 cm³/mol. The molecule has 3 aromatic rings. The van der Waals surface area contributed by atoms with Crippen LogP contribution in [0.3, 0.4) is 0 Å². The molecule has 20 heavy (non-hydrogen) atoms. The molecular weight excluding hydrogens is 246 g/mol. The van der Waals surface area contributed by atoms with Gasteiger partial charge in [0, 0.05) is 11.5 Å². The first-order valence-corrected chi connectivity index (χ1v) is 5.90. The SMILES string of the molecule is N#Cc1[c]c2cc3ccccc3cc2c(C#N)c1C#N. The van der Waals surface area contributed by atoms with Crippen LogP contribution >= 0.6 is 0 Å². The Morgan fingerprint density at radius 2 is 1.45 bits per heavy atom. The zero-order valence-corrected chi connectivity index (χ0v) is 10.3. The van der Waals surface area contributed by atoms with E-state index in [-0.39, 0.29) is 16.7 Å². The molecule has 0 atom stereocenters. The van der Waals surface area contributed by atoms with Crippen molar-refractivity contribution in [3.63, 3.8) is 0 Å². The molecule has 0 aliphatic carbocycles. The van der Waals surface area contributed by atoms with Crippen molar-refractivity contribution in [1.82, 2.24) is 0 Å². The van der Waals surface area contributed by atoms with Crippen molar-refractivity contribution in [2.24, 2.45) is 0 Å². The summed E-state index contributed by atoms with van der Waals surface area (Å²) in [5, 5.41) is 30.9. The van der Waals surface area contributed by atoms with Gasteiger partial charge in [-0.05, 0) is 28.3 Å². The summed E-state index contributed by atoms with van der Waals surface area (Å²) in [6, 6.07) is 20.3. The molecule has 0 bridgehead atoms. The molecule has 0 fully saturated rings. The number of rotatable bonds is 0. The monoisotopic (exact) mass is 252 g/mol. The summed E-state index contributed by atoms with van der Waals surface area (Å²) in [6.07, 6.45) is 0. The number of benzene rings is 3. The summed E-state index contributed by atoms with van der Waals surface area (Å²) in [6.45, 7) is 0. The Hall–Kier alpha value is -3.35. The molecule has 0 heterocycles. The molecule has 0 aliphatic heterocycles. The van der Waals surface area contributed by atoms with Gasteiger partial charge in [-0.1, -0.05) is 24.3 Å². The maximum atomic E-state index is 9.32. The maximum Gasteiger partial charge on any atom is 0.102 e.